The van der Waals surface area contributed by atoms with Crippen molar-refractivity contribution in [2.24, 2.45) is 0 Å². The Morgan fingerprint density at radius 1 is 0.833 bits per heavy atom. The number of hydrogen-bond donors (Lipinski definition) is 0. The van der Waals surface area contributed by atoms with Crippen molar-refractivity contribution >= 4 is 17.3 Å². The van der Waals surface area contributed by atoms with Gasteiger partial charge in [-0.3, -0.25) is 25.0 Å². The molecule has 11 heteroatoms. The molecule has 0 unspecified atom stereocenters. The van der Waals surface area contributed by atoms with Gasteiger partial charge in [0.15, 0.2) is 0 Å². The maximum Gasteiger partial charge on any atom is 0.270 e. The third-order valence-corrected chi connectivity index (χ3v) is 5.48. The number of carbonyl (C=O) groups excluding carboxylic acids is 1. The lowest BCUT2D eigenvalue weighted by Gasteiger charge is -2.22. The summed E-state index contributed by atoms with van der Waals surface area (Å²) < 4.78 is 5.31. The van der Waals surface area contributed by atoms with Gasteiger partial charge in [-0.05, 0) is 18.1 Å². The molecule has 1 heterocycles. The monoisotopic (exact) mass is 487 g/mol. The SMILES string of the molecule is O=C(c1cccc([N+](=O)[O-])c1)N(CCc1ccccc1)CCc1nc(-c2cccc([N+](=O)[O-])c2)no1. The van der Waals surface area contributed by atoms with Gasteiger partial charge in [0.05, 0.1) is 9.85 Å². The van der Waals surface area contributed by atoms with Crippen LogP contribution < -0.4 is 0 Å². The van der Waals surface area contributed by atoms with E-state index in [2.05, 4.69) is 10.1 Å². The minimum absolute atomic E-state index is 0.0894. The van der Waals surface area contributed by atoms with Gasteiger partial charge in [-0.1, -0.05) is 53.7 Å². The molecule has 1 amide bonds. The van der Waals surface area contributed by atoms with Crippen LogP contribution in [0.5, 0.6) is 0 Å². The van der Waals surface area contributed by atoms with Crippen molar-refractivity contribution in [1.82, 2.24) is 15.0 Å². The molecule has 0 saturated heterocycles. The molecule has 0 aliphatic carbocycles. The molecule has 0 spiro atoms. The largest absolute Gasteiger partial charge is 0.339 e. The van der Waals surface area contributed by atoms with Crippen LogP contribution in [0.15, 0.2) is 83.4 Å². The van der Waals surface area contributed by atoms with Gasteiger partial charge < -0.3 is 9.42 Å². The van der Waals surface area contributed by atoms with Gasteiger partial charge in [-0.25, -0.2) is 0 Å². The molecule has 182 valence electrons. The highest BCUT2D eigenvalue weighted by atomic mass is 16.6. The molecule has 4 rings (SSSR count). The Kier molecular flexibility index (Phi) is 7.39. The van der Waals surface area contributed by atoms with Crippen molar-refractivity contribution in [3.63, 3.8) is 0 Å². The zero-order chi connectivity index (χ0) is 25.5. The molecule has 0 bridgehead atoms. The molecular formula is C25H21N5O6. The van der Waals surface area contributed by atoms with Crippen molar-refractivity contribution in [2.75, 3.05) is 13.1 Å². The van der Waals surface area contributed by atoms with Gasteiger partial charge >= 0.3 is 0 Å². The molecule has 0 saturated carbocycles. The molecule has 0 fully saturated rings. The number of nitrogens with zero attached hydrogens (tertiary/aromatic N) is 5. The summed E-state index contributed by atoms with van der Waals surface area (Å²) in [6.07, 6.45) is 0.821. The van der Waals surface area contributed by atoms with Crippen molar-refractivity contribution in [3.05, 3.63) is 116 Å². The molecule has 3 aromatic carbocycles. The van der Waals surface area contributed by atoms with Gasteiger partial charge in [0.25, 0.3) is 17.3 Å². The average Bonchev–Trinajstić information content (AvgIpc) is 3.38. The maximum absolute atomic E-state index is 13.3. The quantitative estimate of drug-likeness (QED) is 0.235. The Balaban J connectivity index is 1.51. The molecule has 0 atom stereocenters. The topological polar surface area (TPSA) is 146 Å². The number of amides is 1. The summed E-state index contributed by atoms with van der Waals surface area (Å²) in [5, 5.41) is 26.1. The fourth-order valence-corrected chi connectivity index (χ4v) is 3.62. The summed E-state index contributed by atoms with van der Waals surface area (Å²) in [5.74, 6) is 0.107. The average molecular weight is 487 g/mol. The van der Waals surface area contributed by atoms with Crippen LogP contribution in [0.2, 0.25) is 0 Å². The predicted octanol–water partition coefficient (Wildman–Crippen LogP) is 4.48. The summed E-state index contributed by atoms with van der Waals surface area (Å²) in [6, 6.07) is 21.1. The fraction of sp³-hybridized carbons (Fsp3) is 0.160. The summed E-state index contributed by atoms with van der Waals surface area (Å²) in [7, 11) is 0. The first-order valence-electron chi connectivity index (χ1n) is 11.1. The van der Waals surface area contributed by atoms with E-state index in [1.807, 2.05) is 30.3 Å². The van der Waals surface area contributed by atoms with Gasteiger partial charge in [-0.2, -0.15) is 4.98 Å². The standard InChI is InChI=1S/C25H21N5O6/c31-25(20-9-5-11-22(17-20)30(34)35)28(14-12-18-6-2-1-3-7-18)15-13-23-26-24(27-36-23)19-8-4-10-21(16-19)29(32)33/h1-11,16-17H,12-15H2. The molecule has 4 aromatic rings. The fourth-order valence-electron chi connectivity index (χ4n) is 3.62. The second-order valence-electron chi connectivity index (χ2n) is 7.90. The van der Waals surface area contributed by atoms with Gasteiger partial charge in [0.2, 0.25) is 11.7 Å². The number of rotatable bonds is 10. The van der Waals surface area contributed by atoms with Gasteiger partial charge in [-0.15, -0.1) is 0 Å². The van der Waals surface area contributed by atoms with E-state index in [1.165, 1.54) is 42.5 Å². The minimum atomic E-state index is -0.543. The van der Waals surface area contributed by atoms with E-state index in [0.717, 1.165) is 5.56 Å². The number of non-ortho nitro benzene ring substituents is 2. The maximum atomic E-state index is 13.3. The Labute approximate surface area is 205 Å². The molecule has 0 N–H and O–H groups in total. The first-order chi connectivity index (χ1) is 17.4. The zero-order valence-electron chi connectivity index (χ0n) is 19.0. The molecule has 0 aliphatic heterocycles. The Hall–Kier alpha value is -4.93. The van der Waals surface area contributed by atoms with Crippen LogP contribution in [0.1, 0.15) is 21.8 Å². The molecule has 0 aliphatic rings. The number of nitro groups is 2. The van der Waals surface area contributed by atoms with Crippen LogP contribution in [0.3, 0.4) is 0 Å². The second-order valence-corrected chi connectivity index (χ2v) is 7.90. The van der Waals surface area contributed by atoms with Crippen LogP contribution in [-0.2, 0) is 12.8 Å². The molecular weight excluding hydrogens is 466 g/mol. The first-order valence-corrected chi connectivity index (χ1v) is 11.1. The lowest BCUT2D eigenvalue weighted by Crippen LogP contribution is -2.34. The lowest BCUT2D eigenvalue weighted by molar-refractivity contribution is -0.385. The highest BCUT2D eigenvalue weighted by Gasteiger charge is 2.20. The molecule has 11 nitrogen and oxygen atoms in total. The van der Waals surface area contributed by atoms with E-state index in [0.29, 0.717) is 18.5 Å². The van der Waals surface area contributed by atoms with E-state index >= 15 is 0 Å². The predicted molar refractivity (Wildman–Crippen MR) is 129 cm³/mol. The van der Waals surface area contributed by atoms with Crippen molar-refractivity contribution in [2.45, 2.75) is 12.8 Å². The van der Waals surface area contributed by atoms with Crippen molar-refractivity contribution in [3.8, 4) is 11.4 Å². The number of carbonyl (C=O) groups is 1. The van der Waals surface area contributed by atoms with Crippen LogP contribution >= 0.6 is 0 Å². The highest BCUT2D eigenvalue weighted by Crippen LogP contribution is 2.22. The minimum Gasteiger partial charge on any atom is -0.339 e. The van der Waals surface area contributed by atoms with E-state index < -0.39 is 9.85 Å². The van der Waals surface area contributed by atoms with E-state index in [4.69, 9.17) is 4.52 Å². The number of nitro benzene ring substituents is 2. The van der Waals surface area contributed by atoms with E-state index in [1.54, 1.807) is 11.0 Å². The number of benzene rings is 3. The second kappa shape index (κ2) is 11.0. The Morgan fingerprint density at radius 3 is 2.22 bits per heavy atom. The van der Waals surface area contributed by atoms with Crippen LogP contribution in [-0.4, -0.2) is 43.9 Å². The van der Waals surface area contributed by atoms with Crippen molar-refractivity contribution < 1.29 is 19.2 Å². The zero-order valence-corrected chi connectivity index (χ0v) is 19.0. The summed E-state index contributed by atoms with van der Waals surface area (Å²) >= 11 is 0. The Bertz CT molecular complexity index is 1390. The van der Waals surface area contributed by atoms with Crippen LogP contribution in [0.25, 0.3) is 11.4 Å². The summed E-state index contributed by atoms with van der Waals surface area (Å²) in [4.78, 5) is 40.3. The van der Waals surface area contributed by atoms with E-state index in [-0.39, 0.29) is 47.5 Å². The smallest absolute Gasteiger partial charge is 0.270 e. The van der Waals surface area contributed by atoms with Crippen LogP contribution in [0.4, 0.5) is 11.4 Å². The third-order valence-electron chi connectivity index (χ3n) is 5.48. The number of hydrogen-bond acceptors (Lipinski definition) is 8. The summed E-state index contributed by atoms with van der Waals surface area (Å²) in [6.45, 7) is 0.600. The summed E-state index contributed by atoms with van der Waals surface area (Å²) in [5.41, 5.74) is 1.43. The highest BCUT2D eigenvalue weighted by molar-refractivity contribution is 5.94. The number of aromatic nitrogens is 2. The molecule has 36 heavy (non-hydrogen) atoms. The Morgan fingerprint density at radius 2 is 1.50 bits per heavy atom. The first kappa shape index (κ1) is 24.2. The lowest BCUT2D eigenvalue weighted by atomic mass is 10.1. The van der Waals surface area contributed by atoms with E-state index in [9.17, 15) is 25.0 Å². The molecule has 1 aromatic heterocycles. The normalized spacial score (nSPS) is 10.7. The molecule has 0 radical (unpaired) electrons. The van der Waals surface area contributed by atoms with Gasteiger partial charge in [0.1, 0.15) is 0 Å². The van der Waals surface area contributed by atoms with Crippen molar-refractivity contribution in [1.29, 1.82) is 0 Å². The third kappa shape index (κ3) is 5.95. The van der Waals surface area contributed by atoms with Gasteiger partial charge in [0, 0.05) is 54.9 Å². The van der Waals surface area contributed by atoms with Crippen LogP contribution in [0, 0.1) is 20.2 Å².